The van der Waals surface area contributed by atoms with E-state index in [-0.39, 0.29) is 10.0 Å². The SMILES string of the molecule is COC(=O)c1c(C2OCCO2)ccc(Br)c1F. The van der Waals surface area contributed by atoms with Crippen molar-refractivity contribution in [3.8, 4) is 0 Å². The Labute approximate surface area is 106 Å². The molecule has 1 heterocycles. The number of methoxy groups -OCH3 is 1. The van der Waals surface area contributed by atoms with Gasteiger partial charge >= 0.3 is 5.97 Å². The zero-order chi connectivity index (χ0) is 12.4. The number of carbonyl (C=O) groups is 1. The molecule has 0 aromatic heterocycles. The van der Waals surface area contributed by atoms with Crippen LogP contribution in [0.3, 0.4) is 0 Å². The van der Waals surface area contributed by atoms with Crippen LogP contribution in [0.25, 0.3) is 0 Å². The van der Waals surface area contributed by atoms with Gasteiger partial charge in [0.1, 0.15) is 5.56 Å². The number of rotatable bonds is 2. The number of carbonyl (C=O) groups excluding carboxylic acids is 1. The highest BCUT2D eigenvalue weighted by Crippen LogP contribution is 2.31. The van der Waals surface area contributed by atoms with Crippen molar-refractivity contribution in [1.29, 1.82) is 0 Å². The summed E-state index contributed by atoms with van der Waals surface area (Å²) < 4.78 is 29.2. The van der Waals surface area contributed by atoms with Crippen molar-refractivity contribution in [3.05, 3.63) is 33.5 Å². The number of esters is 1. The van der Waals surface area contributed by atoms with Crippen molar-refractivity contribution >= 4 is 21.9 Å². The van der Waals surface area contributed by atoms with Crippen molar-refractivity contribution in [2.45, 2.75) is 6.29 Å². The third kappa shape index (κ3) is 2.34. The van der Waals surface area contributed by atoms with Gasteiger partial charge in [-0.2, -0.15) is 0 Å². The molecular weight excluding hydrogens is 295 g/mol. The summed E-state index contributed by atoms with van der Waals surface area (Å²) in [7, 11) is 1.20. The van der Waals surface area contributed by atoms with Crippen LogP contribution >= 0.6 is 15.9 Å². The van der Waals surface area contributed by atoms with E-state index in [0.717, 1.165) is 0 Å². The van der Waals surface area contributed by atoms with Gasteiger partial charge in [0, 0.05) is 5.56 Å². The summed E-state index contributed by atoms with van der Waals surface area (Å²) in [4.78, 5) is 11.6. The fourth-order valence-corrected chi connectivity index (χ4v) is 1.94. The molecule has 0 unspecified atom stereocenters. The lowest BCUT2D eigenvalue weighted by atomic mass is 10.1. The molecule has 92 valence electrons. The van der Waals surface area contributed by atoms with Crippen LogP contribution in [0.15, 0.2) is 16.6 Å². The molecular formula is C11H10BrFO4. The van der Waals surface area contributed by atoms with Crippen LogP contribution in [0.2, 0.25) is 0 Å². The molecule has 1 saturated heterocycles. The number of hydrogen-bond donors (Lipinski definition) is 0. The first-order valence-electron chi connectivity index (χ1n) is 4.94. The Morgan fingerprint density at radius 2 is 2.12 bits per heavy atom. The lowest BCUT2D eigenvalue weighted by Gasteiger charge is -2.14. The second-order valence-corrected chi connectivity index (χ2v) is 4.25. The van der Waals surface area contributed by atoms with Gasteiger partial charge in [-0.1, -0.05) is 6.07 Å². The predicted octanol–water partition coefficient (Wildman–Crippen LogP) is 2.42. The maximum atomic E-state index is 13.9. The second-order valence-electron chi connectivity index (χ2n) is 3.39. The molecule has 2 rings (SSSR count). The van der Waals surface area contributed by atoms with Gasteiger partial charge in [0.2, 0.25) is 0 Å². The first-order chi connectivity index (χ1) is 8.15. The van der Waals surface area contributed by atoms with Gasteiger partial charge in [-0.3, -0.25) is 0 Å². The van der Waals surface area contributed by atoms with E-state index in [1.807, 2.05) is 0 Å². The number of ether oxygens (including phenoxy) is 3. The Morgan fingerprint density at radius 3 is 2.71 bits per heavy atom. The van der Waals surface area contributed by atoms with Crippen molar-refractivity contribution in [2.24, 2.45) is 0 Å². The largest absolute Gasteiger partial charge is 0.465 e. The van der Waals surface area contributed by atoms with E-state index < -0.39 is 18.1 Å². The van der Waals surface area contributed by atoms with E-state index in [1.54, 1.807) is 6.07 Å². The van der Waals surface area contributed by atoms with Crippen molar-refractivity contribution in [1.82, 2.24) is 0 Å². The van der Waals surface area contributed by atoms with E-state index in [4.69, 9.17) is 9.47 Å². The van der Waals surface area contributed by atoms with Gasteiger partial charge in [0.15, 0.2) is 12.1 Å². The zero-order valence-corrected chi connectivity index (χ0v) is 10.6. The molecule has 6 heteroatoms. The molecule has 0 atom stereocenters. The Kier molecular flexibility index (Phi) is 3.76. The van der Waals surface area contributed by atoms with Gasteiger partial charge in [0.05, 0.1) is 24.8 Å². The standard InChI is InChI=1S/C11H10BrFO4/c1-15-10(14)8-6(11-16-4-5-17-11)2-3-7(12)9(8)13/h2-3,11H,4-5H2,1H3. The number of hydrogen-bond acceptors (Lipinski definition) is 4. The summed E-state index contributed by atoms with van der Waals surface area (Å²) in [6.45, 7) is 0.839. The minimum atomic E-state index is -0.752. The second kappa shape index (κ2) is 5.12. The van der Waals surface area contributed by atoms with E-state index >= 15 is 0 Å². The molecule has 17 heavy (non-hydrogen) atoms. The lowest BCUT2D eigenvalue weighted by molar-refractivity contribution is -0.0451. The maximum Gasteiger partial charge on any atom is 0.341 e. The molecule has 0 radical (unpaired) electrons. The Bertz CT molecular complexity index is 443. The number of benzene rings is 1. The van der Waals surface area contributed by atoms with Crippen LogP contribution in [-0.2, 0) is 14.2 Å². The average Bonchev–Trinajstić information content (AvgIpc) is 2.85. The molecule has 1 aromatic rings. The van der Waals surface area contributed by atoms with Gasteiger partial charge in [-0.25, -0.2) is 9.18 Å². The highest BCUT2D eigenvalue weighted by Gasteiger charge is 2.28. The summed E-state index contributed by atoms with van der Waals surface area (Å²) in [6.07, 6.45) is -0.716. The molecule has 1 aliphatic rings. The minimum Gasteiger partial charge on any atom is -0.465 e. The first-order valence-corrected chi connectivity index (χ1v) is 5.74. The molecule has 1 aromatic carbocycles. The Hall–Kier alpha value is -0.980. The molecule has 0 N–H and O–H groups in total. The smallest absolute Gasteiger partial charge is 0.341 e. The predicted molar refractivity (Wildman–Crippen MR) is 60.1 cm³/mol. The van der Waals surface area contributed by atoms with E-state index in [0.29, 0.717) is 18.8 Å². The van der Waals surface area contributed by atoms with Crippen LogP contribution < -0.4 is 0 Å². The normalized spacial score (nSPS) is 16.2. The molecule has 0 bridgehead atoms. The third-order valence-corrected chi connectivity index (χ3v) is 3.00. The molecule has 0 saturated carbocycles. The minimum absolute atomic E-state index is 0.159. The molecule has 0 spiro atoms. The highest BCUT2D eigenvalue weighted by atomic mass is 79.9. The van der Waals surface area contributed by atoms with Crippen molar-refractivity contribution in [2.75, 3.05) is 20.3 Å². The molecule has 1 aliphatic heterocycles. The Morgan fingerprint density at radius 1 is 1.47 bits per heavy atom. The summed E-state index contributed by atoms with van der Waals surface area (Å²) in [6, 6.07) is 3.08. The zero-order valence-electron chi connectivity index (χ0n) is 9.04. The lowest BCUT2D eigenvalue weighted by Crippen LogP contribution is -2.12. The quantitative estimate of drug-likeness (QED) is 0.787. The van der Waals surface area contributed by atoms with Gasteiger partial charge in [-0.15, -0.1) is 0 Å². The average molecular weight is 305 g/mol. The van der Waals surface area contributed by atoms with Crippen molar-refractivity contribution in [3.63, 3.8) is 0 Å². The first kappa shape index (κ1) is 12.5. The van der Waals surface area contributed by atoms with Crippen LogP contribution in [0.4, 0.5) is 4.39 Å². The van der Waals surface area contributed by atoms with Crippen LogP contribution in [0, 0.1) is 5.82 Å². The fraction of sp³-hybridized carbons (Fsp3) is 0.364. The highest BCUT2D eigenvalue weighted by molar-refractivity contribution is 9.10. The maximum absolute atomic E-state index is 13.9. The third-order valence-electron chi connectivity index (χ3n) is 2.39. The van der Waals surface area contributed by atoms with Crippen LogP contribution in [-0.4, -0.2) is 26.3 Å². The summed E-state index contributed by atoms with van der Waals surface area (Å²) >= 11 is 3.02. The summed E-state index contributed by atoms with van der Waals surface area (Å²) in [5, 5.41) is 0. The molecule has 0 aliphatic carbocycles. The summed E-state index contributed by atoms with van der Waals surface area (Å²) in [5.74, 6) is -1.42. The molecule has 4 nitrogen and oxygen atoms in total. The molecule has 1 fully saturated rings. The monoisotopic (exact) mass is 304 g/mol. The van der Waals surface area contributed by atoms with E-state index in [2.05, 4.69) is 20.7 Å². The fourth-order valence-electron chi connectivity index (χ4n) is 1.61. The summed E-state index contributed by atoms with van der Waals surface area (Å²) in [5.41, 5.74) is 0.184. The van der Waals surface area contributed by atoms with Gasteiger partial charge in [-0.05, 0) is 22.0 Å². The van der Waals surface area contributed by atoms with Crippen LogP contribution in [0.1, 0.15) is 22.2 Å². The number of halogens is 2. The van der Waals surface area contributed by atoms with Crippen LogP contribution in [0.5, 0.6) is 0 Å². The van der Waals surface area contributed by atoms with E-state index in [9.17, 15) is 9.18 Å². The van der Waals surface area contributed by atoms with Crippen molar-refractivity contribution < 1.29 is 23.4 Å². The van der Waals surface area contributed by atoms with Gasteiger partial charge in [0.25, 0.3) is 0 Å². The Balaban J connectivity index is 2.50. The topological polar surface area (TPSA) is 44.8 Å². The van der Waals surface area contributed by atoms with Gasteiger partial charge < -0.3 is 14.2 Å². The molecule has 0 amide bonds. The van der Waals surface area contributed by atoms with E-state index in [1.165, 1.54) is 13.2 Å².